The van der Waals surface area contributed by atoms with Gasteiger partial charge in [0.1, 0.15) is 5.69 Å². The molecule has 2 aromatic heterocycles. The SMILES string of the molecule is Cc1cnc(-c2cnc3ccccc3n2)[nH]1. The van der Waals surface area contributed by atoms with Gasteiger partial charge in [-0.2, -0.15) is 0 Å². The number of hydrogen-bond donors (Lipinski definition) is 1. The number of aromatic amines is 1. The third kappa shape index (κ3) is 1.44. The molecule has 1 N–H and O–H groups in total. The smallest absolute Gasteiger partial charge is 0.157 e. The predicted molar refractivity (Wildman–Crippen MR) is 61.9 cm³/mol. The van der Waals surface area contributed by atoms with Crippen LogP contribution in [0.4, 0.5) is 0 Å². The second-order valence-electron chi connectivity index (χ2n) is 3.66. The highest BCUT2D eigenvalue weighted by Crippen LogP contribution is 2.15. The van der Waals surface area contributed by atoms with E-state index < -0.39 is 0 Å². The molecule has 0 fully saturated rings. The van der Waals surface area contributed by atoms with Crippen molar-refractivity contribution in [2.24, 2.45) is 0 Å². The Labute approximate surface area is 92.4 Å². The van der Waals surface area contributed by atoms with E-state index in [1.807, 2.05) is 31.2 Å². The second kappa shape index (κ2) is 3.41. The van der Waals surface area contributed by atoms with Crippen LogP contribution in [0.25, 0.3) is 22.6 Å². The molecule has 0 unspecified atom stereocenters. The molecular formula is C12H10N4. The zero-order valence-corrected chi connectivity index (χ0v) is 8.81. The number of rotatable bonds is 1. The lowest BCUT2D eigenvalue weighted by Crippen LogP contribution is -1.89. The molecule has 3 rings (SSSR count). The maximum atomic E-state index is 4.50. The highest BCUT2D eigenvalue weighted by molar-refractivity contribution is 5.75. The molecule has 0 aliphatic rings. The standard InChI is InChI=1S/C12H10N4/c1-8-6-14-12(15-8)11-7-13-9-4-2-3-5-10(9)16-11/h2-7H,1H3,(H,14,15). The summed E-state index contributed by atoms with van der Waals surface area (Å²) in [6.07, 6.45) is 3.52. The fourth-order valence-electron chi connectivity index (χ4n) is 1.61. The first-order chi connectivity index (χ1) is 7.83. The van der Waals surface area contributed by atoms with Crippen molar-refractivity contribution < 1.29 is 0 Å². The van der Waals surface area contributed by atoms with Crippen LogP contribution in [0.2, 0.25) is 0 Å². The Hall–Kier alpha value is -2.23. The summed E-state index contributed by atoms with van der Waals surface area (Å²) in [7, 11) is 0. The number of nitrogens with zero attached hydrogens (tertiary/aromatic N) is 3. The number of benzene rings is 1. The number of nitrogens with one attached hydrogen (secondary N) is 1. The highest BCUT2D eigenvalue weighted by atomic mass is 15.0. The molecule has 0 aliphatic carbocycles. The Morgan fingerprint density at radius 3 is 2.56 bits per heavy atom. The third-order valence-corrected chi connectivity index (χ3v) is 2.39. The van der Waals surface area contributed by atoms with Crippen molar-refractivity contribution >= 4 is 11.0 Å². The Kier molecular flexibility index (Phi) is 1.93. The van der Waals surface area contributed by atoms with E-state index >= 15 is 0 Å². The molecule has 4 heteroatoms. The minimum atomic E-state index is 0.760. The third-order valence-electron chi connectivity index (χ3n) is 2.39. The van der Waals surface area contributed by atoms with Gasteiger partial charge in [-0.1, -0.05) is 12.1 Å². The Morgan fingerprint density at radius 1 is 1.00 bits per heavy atom. The van der Waals surface area contributed by atoms with E-state index in [9.17, 15) is 0 Å². The summed E-state index contributed by atoms with van der Waals surface area (Å²) in [6, 6.07) is 7.79. The number of fused-ring (bicyclic) bond motifs is 1. The van der Waals surface area contributed by atoms with Crippen LogP contribution in [0.15, 0.2) is 36.7 Å². The van der Waals surface area contributed by atoms with Gasteiger partial charge in [0.2, 0.25) is 0 Å². The average Bonchev–Trinajstić information content (AvgIpc) is 2.75. The number of aryl methyl sites for hydroxylation is 1. The molecule has 0 amide bonds. The molecule has 0 spiro atoms. The monoisotopic (exact) mass is 210 g/mol. The van der Waals surface area contributed by atoms with E-state index in [0.29, 0.717) is 0 Å². The van der Waals surface area contributed by atoms with Gasteiger partial charge in [-0.15, -0.1) is 0 Å². The van der Waals surface area contributed by atoms with Gasteiger partial charge in [0.25, 0.3) is 0 Å². The molecule has 0 saturated heterocycles. The van der Waals surface area contributed by atoms with Gasteiger partial charge >= 0.3 is 0 Å². The van der Waals surface area contributed by atoms with Crippen LogP contribution in [0.3, 0.4) is 0 Å². The second-order valence-corrected chi connectivity index (χ2v) is 3.66. The van der Waals surface area contributed by atoms with Crippen LogP contribution in [0.5, 0.6) is 0 Å². The minimum absolute atomic E-state index is 0.760. The van der Waals surface area contributed by atoms with Crippen LogP contribution < -0.4 is 0 Å². The molecule has 16 heavy (non-hydrogen) atoms. The summed E-state index contributed by atoms with van der Waals surface area (Å²) >= 11 is 0. The van der Waals surface area contributed by atoms with E-state index in [0.717, 1.165) is 28.2 Å². The average molecular weight is 210 g/mol. The number of para-hydroxylation sites is 2. The van der Waals surface area contributed by atoms with Crippen molar-refractivity contribution in [3.05, 3.63) is 42.4 Å². The van der Waals surface area contributed by atoms with Crippen LogP contribution in [-0.2, 0) is 0 Å². The number of hydrogen-bond acceptors (Lipinski definition) is 3. The van der Waals surface area contributed by atoms with Crippen LogP contribution >= 0.6 is 0 Å². The topological polar surface area (TPSA) is 54.5 Å². The highest BCUT2D eigenvalue weighted by Gasteiger charge is 2.04. The molecule has 2 heterocycles. The van der Waals surface area contributed by atoms with E-state index in [4.69, 9.17) is 0 Å². The lowest BCUT2D eigenvalue weighted by atomic mass is 10.3. The van der Waals surface area contributed by atoms with Crippen molar-refractivity contribution in [3.8, 4) is 11.5 Å². The van der Waals surface area contributed by atoms with Gasteiger partial charge in [0.05, 0.1) is 17.2 Å². The molecule has 3 aromatic rings. The summed E-state index contributed by atoms with van der Waals surface area (Å²) in [6.45, 7) is 1.96. The quantitative estimate of drug-likeness (QED) is 0.670. The van der Waals surface area contributed by atoms with E-state index in [2.05, 4.69) is 19.9 Å². The van der Waals surface area contributed by atoms with Crippen molar-refractivity contribution in [1.29, 1.82) is 0 Å². The maximum Gasteiger partial charge on any atom is 0.157 e. The first-order valence-corrected chi connectivity index (χ1v) is 5.07. The van der Waals surface area contributed by atoms with Crippen molar-refractivity contribution in [2.45, 2.75) is 6.92 Å². The van der Waals surface area contributed by atoms with Gasteiger partial charge in [-0.3, -0.25) is 4.98 Å². The number of imidazole rings is 1. The summed E-state index contributed by atoms with van der Waals surface area (Å²) in [5.74, 6) is 0.760. The lowest BCUT2D eigenvalue weighted by Gasteiger charge is -1.98. The minimum Gasteiger partial charge on any atom is -0.341 e. The Balaban J connectivity index is 2.18. The zero-order valence-electron chi connectivity index (χ0n) is 8.81. The molecule has 0 atom stereocenters. The summed E-state index contributed by atoms with van der Waals surface area (Å²) in [5.41, 5.74) is 3.57. The van der Waals surface area contributed by atoms with Crippen molar-refractivity contribution in [1.82, 2.24) is 19.9 Å². The Morgan fingerprint density at radius 2 is 1.81 bits per heavy atom. The lowest BCUT2D eigenvalue weighted by molar-refractivity contribution is 1.19. The van der Waals surface area contributed by atoms with E-state index in [1.165, 1.54) is 0 Å². The Bertz CT molecular complexity index is 642. The zero-order chi connectivity index (χ0) is 11.0. The van der Waals surface area contributed by atoms with Crippen LogP contribution in [-0.4, -0.2) is 19.9 Å². The molecule has 0 aliphatic heterocycles. The largest absolute Gasteiger partial charge is 0.341 e. The molecule has 0 radical (unpaired) electrons. The summed E-state index contributed by atoms with van der Waals surface area (Å²) in [5, 5.41) is 0. The van der Waals surface area contributed by atoms with Crippen molar-refractivity contribution in [3.63, 3.8) is 0 Å². The maximum absolute atomic E-state index is 4.50. The van der Waals surface area contributed by atoms with Gasteiger partial charge < -0.3 is 4.98 Å². The molecule has 0 bridgehead atoms. The first-order valence-electron chi connectivity index (χ1n) is 5.07. The predicted octanol–water partition coefficient (Wildman–Crippen LogP) is 2.33. The van der Waals surface area contributed by atoms with Gasteiger partial charge in [-0.05, 0) is 19.1 Å². The van der Waals surface area contributed by atoms with Gasteiger partial charge in [-0.25, -0.2) is 9.97 Å². The fourth-order valence-corrected chi connectivity index (χ4v) is 1.61. The van der Waals surface area contributed by atoms with E-state index in [1.54, 1.807) is 12.4 Å². The molecule has 4 nitrogen and oxygen atoms in total. The number of H-pyrrole nitrogens is 1. The van der Waals surface area contributed by atoms with Gasteiger partial charge in [0.15, 0.2) is 5.82 Å². The molecule has 78 valence electrons. The summed E-state index contributed by atoms with van der Waals surface area (Å²) < 4.78 is 0. The van der Waals surface area contributed by atoms with Crippen LogP contribution in [0.1, 0.15) is 5.69 Å². The van der Waals surface area contributed by atoms with E-state index in [-0.39, 0.29) is 0 Å². The molecule has 1 aromatic carbocycles. The number of aromatic nitrogens is 4. The normalized spacial score (nSPS) is 10.8. The molecule has 0 saturated carbocycles. The van der Waals surface area contributed by atoms with Crippen LogP contribution in [0, 0.1) is 6.92 Å². The fraction of sp³-hybridized carbons (Fsp3) is 0.0833. The summed E-state index contributed by atoms with van der Waals surface area (Å²) in [4.78, 5) is 16.2. The van der Waals surface area contributed by atoms with Gasteiger partial charge in [0, 0.05) is 11.9 Å². The van der Waals surface area contributed by atoms with Crippen molar-refractivity contribution in [2.75, 3.05) is 0 Å². The first kappa shape index (κ1) is 9.03. The molecular weight excluding hydrogens is 200 g/mol.